The largest absolute Gasteiger partial charge is 0.494 e. The van der Waals surface area contributed by atoms with E-state index in [2.05, 4.69) is 4.98 Å². The lowest BCUT2D eigenvalue weighted by molar-refractivity contribution is 0.301. The van der Waals surface area contributed by atoms with Crippen molar-refractivity contribution < 1.29 is 9.47 Å². The maximum absolute atomic E-state index is 13.1. The van der Waals surface area contributed by atoms with Gasteiger partial charge in [-0.3, -0.25) is 9.36 Å². The number of thiophene rings is 1. The van der Waals surface area contributed by atoms with Gasteiger partial charge in [0.05, 0.1) is 24.9 Å². The molecule has 0 saturated carbocycles. The predicted octanol–water partition coefficient (Wildman–Crippen LogP) is 5.30. The van der Waals surface area contributed by atoms with E-state index in [0.29, 0.717) is 25.1 Å². The van der Waals surface area contributed by atoms with E-state index in [-0.39, 0.29) is 5.56 Å². The zero-order chi connectivity index (χ0) is 20.9. The third-order valence-electron chi connectivity index (χ3n) is 4.87. The highest BCUT2D eigenvalue weighted by atomic mass is 32.1. The smallest absolute Gasteiger partial charge is 0.262 e. The molecular weight excluding hydrogens is 396 g/mol. The van der Waals surface area contributed by atoms with Crippen LogP contribution in [0.2, 0.25) is 0 Å². The Balaban J connectivity index is 1.49. The molecule has 0 bridgehead atoms. The molecule has 6 heteroatoms. The van der Waals surface area contributed by atoms with Crippen molar-refractivity contribution in [3.05, 3.63) is 76.2 Å². The van der Waals surface area contributed by atoms with Gasteiger partial charge in [-0.05, 0) is 50.1 Å². The van der Waals surface area contributed by atoms with E-state index in [0.717, 1.165) is 33.9 Å². The Morgan fingerprint density at radius 2 is 1.70 bits per heavy atom. The lowest BCUT2D eigenvalue weighted by Gasteiger charge is -2.09. The van der Waals surface area contributed by atoms with Gasteiger partial charge in [0, 0.05) is 17.5 Å². The fraction of sp³-hybridized carbons (Fsp3) is 0.250. The number of fused-ring (bicyclic) bond motifs is 1. The molecule has 4 rings (SSSR count). The highest BCUT2D eigenvalue weighted by Crippen LogP contribution is 2.31. The Bertz CT molecular complexity index is 1180. The number of hydrogen-bond acceptors (Lipinski definition) is 5. The molecule has 0 atom stereocenters. The van der Waals surface area contributed by atoms with Crippen LogP contribution >= 0.6 is 11.3 Å². The average Bonchev–Trinajstić information content (AvgIpc) is 3.20. The first kappa shape index (κ1) is 20.2. The summed E-state index contributed by atoms with van der Waals surface area (Å²) in [6.45, 7) is 5.74. The van der Waals surface area contributed by atoms with Gasteiger partial charge in [-0.25, -0.2) is 4.98 Å². The van der Waals surface area contributed by atoms with Crippen LogP contribution < -0.4 is 15.0 Å². The number of ether oxygens (including phenoxy) is 2. The van der Waals surface area contributed by atoms with Gasteiger partial charge < -0.3 is 9.47 Å². The van der Waals surface area contributed by atoms with Gasteiger partial charge in [0.25, 0.3) is 5.56 Å². The van der Waals surface area contributed by atoms with Gasteiger partial charge in [-0.15, -0.1) is 11.3 Å². The molecule has 0 spiro atoms. The molecule has 0 aliphatic heterocycles. The van der Waals surface area contributed by atoms with Gasteiger partial charge in [0.1, 0.15) is 16.3 Å². The molecule has 0 aliphatic rings. The van der Waals surface area contributed by atoms with Crippen LogP contribution in [0.25, 0.3) is 21.3 Å². The first-order valence-corrected chi connectivity index (χ1v) is 10.9. The second-order valence-electron chi connectivity index (χ2n) is 7.05. The zero-order valence-electron chi connectivity index (χ0n) is 17.1. The van der Waals surface area contributed by atoms with Crippen LogP contribution in [0.1, 0.15) is 18.9 Å². The summed E-state index contributed by atoms with van der Waals surface area (Å²) >= 11 is 1.49. The molecule has 5 nitrogen and oxygen atoms in total. The average molecular weight is 421 g/mol. The number of benzene rings is 2. The molecule has 0 amide bonds. The maximum atomic E-state index is 13.1. The lowest BCUT2D eigenvalue weighted by atomic mass is 10.1. The minimum atomic E-state index is -0.0135. The summed E-state index contributed by atoms with van der Waals surface area (Å²) in [6.07, 6.45) is 2.36. The van der Waals surface area contributed by atoms with E-state index in [9.17, 15) is 4.79 Å². The van der Waals surface area contributed by atoms with Crippen LogP contribution in [0.4, 0.5) is 0 Å². The van der Waals surface area contributed by atoms with Crippen molar-refractivity contribution in [1.29, 1.82) is 0 Å². The van der Waals surface area contributed by atoms with Crippen molar-refractivity contribution in [2.75, 3.05) is 13.2 Å². The molecule has 0 unspecified atom stereocenters. The van der Waals surface area contributed by atoms with Gasteiger partial charge in [0.15, 0.2) is 0 Å². The predicted molar refractivity (Wildman–Crippen MR) is 122 cm³/mol. The summed E-state index contributed by atoms with van der Waals surface area (Å²) < 4.78 is 13.0. The van der Waals surface area contributed by atoms with Crippen molar-refractivity contribution in [1.82, 2.24) is 9.55 Å². The Hall–Kier alpha value is -3.12. The molecule has 0 radical (unpaired) electrons. The number of aryl methyl sites for hydroxylation is 2. The first-order chi connectivity index (χ1) is 14.7. The summed E-state index contributed by atoms with van der Waals surface area (Å²) in [6, 6.07) is 15.8. The summed E-state index contributed by atoms with van der Waals surface area (Å²) in [5.74, 6) is 1.67. The van der Waals surface area contributed by atoms with Crippen molar-refractivity contribution in [2.24, 2.45) is 0 Å². The topological polar surface area (TPSA) is 53.4 Å². The molecular formula is C24H24N2O3S. The van der Waals surface area contributed by atoms with E-state index in [4.69, 9.17) is 9.47 Å². The molecule has 2 heterocycles. The molecule has 0 saturated heterocycles. The van der Waals surface area contributed by atoms with Gasteiger partial charge >= 0.3 is 0 Å². The van der Waals surface area contributed by atoms with Crippen LogP contribution in [0.3, 0.4) is 0 Å². The number of nitrogens with zero attached hydrogens (tertiary/aromatic N) is 2. The molecule has 154 valence electrons. The summed E-state index contributed by atoms with van der Waals surface area (Å²) in [5, 5.41) is 2.67. The molecule has 0 fully saturated rings. The van der Waals surface area contributed by atoms with Crippen LogP contribution in [0.5, 0.6) is 11.5 Å². The van der Waals surface area contributed by atoms with Gasteiger partial charge in [-0.1, -0.05) is 29.8 Å². The second kappa shape index (κ2) is 9.13. The van der Waals surface area contributed by atoms with Crippen LogP contribution in [-0.2, 0) is 6.54 Å². The monoisotopic (exact) mass is 420 g/mol. The Labute approximate surface area is 179 Å². The van der Waals surface area contributed by atoms with Crippen molar-refractivity contribution in [3.8, 4) is 22.6 Å². The molecule has 2 aromatic heterocycles. The third kappa shape index (κ3) is 4.39. The number of aromatic nitrogens is 2. The van der Waals surface area contributed by atoms with E-state index < -0.39 is 0 Å². The van der Waals surface area contributed by atoms with Crippen molar-refractivity contribution in [2.45, 2.75) is 26.8 Å². The van der Waals surface area contributed by atoms with Gasteiger partial charge in [-0.2, -0.15) is 0 Å². The Morgan fingerprint density at radius 1 is 1.00 bits per heavy atom. The number of rotatable bonds is 8. The van der Waals surface area contributed by atoms with Crippen LogP contribution in [0, 0.1) is 6.92 Å². The lowest BCUT2D eigenvalue weighted by Crippen LogP contribution is -2.21. The Kier molecular flexibility index (Phi) is 6.14. The normalized spacial score (nSPS) is 11.0. The molecule has 0 aliphatic carbocycles. The second-order valence-corrected chi connectivity index (χ2v) is 7.90. The standard InChI is InChI=1S/C24H24N2O3S/c1-3-28-19-11-7-18(8-12-19)21-15-30-23-22(21)24(27)26(16-25-23)13-4-14-29-20-9-5-17(2)6-10-20/h5-12,15-16H,3-4,13-14H2,1-2H3. The Morgan fingerprint density at radius 3 is 2.43 bits per heavy atom. The first-order valence-electron chi connectivity index (χ1n) is 10.0. The van der Waals surface area contributed by atoms with E-state index >= 15 is 0 Å². The highest BCUT2D eigenvalue weighted by molar-refractivity contribution is 7.17. The zero-order valence-corrected chi connectivity index (χ0v) is 17.9. The minimum Gasteiger partial charge on any atom is -0.494 e. The van der Waals surface area contributed by atoms with Crippen LogP contribution in [-0.4, -0.2) is 22.8 Å². The van der Waals surface area contributed by atoms with Gasteiger partial charge in [0.2, 0.25) is 0 Å². The fourth-order valence-electron chi connectivity index (χ4n) is 3.30. The molecule has 2 aromatic carbocycles. The van der Waals surface area contributed by atoms with Crippen LogP contribution in [0.15, 0.2) is 65.0 Å². The summed E-state index contributed by atoms with van der Waals surface area (Å²) in [7, 11) is 0. The quantitative estimate of drug-likeness (QED) is 0.363. The van der Waals surface area contributed by atoms with E-state index in [1.165, 1.54) is 16.9 Å². The fourth-order valence-corrected chi connectivity index (χ4v) is 4.20. The minimum absolute atomic E-state index is 0.0135. The van der Waals surface area contributed by atoms with Crippen molar-refractivity contribution in [3.63, 3.8) is 0 Å². The van der Waals surface area contributed by atoms with E-state index in [1.807, 2.05) is 67.8 Å². The number of hydrogen-bond donors (Lipinski definition) is 0. The highest BCUT2D eigenvalue weighted by Gasteiger charge is 2.13. The molecule has 0 N–H and O–H groups in total. The van der Waals surface area contributed by atoms with Crippen molar-refractivity contribution >= 4 is 21.6 Å². The third-order valence-corrected chi connectivity index (χ3v) is 5.76. The summed E-state index contributed by atoms with van der Waals surface area (Å²) in [5.41, 5.74) is 3.10. The SMILES string of the molecule is CCOc1ccc(-c2csc3ncn(CCCOc4ccc(C)cc4)c(=O)c23)cc1. The molecule has 30 heavy (non-hydrogen) atoms. The van der Waals surface area contributed by atoms with E-state index in [1.54, 1.807) is 10.9 Å². The molecule has 4 aromatic rings. The summed E-state index contributed by atoms with van der Waals surface area (Å²) in [4.78, 5) is 18.4. The maximum Gasteiger partial charge on any atom is 0.262 e.